The van der Waals surface area contributed by atoms with E-state index in [1.54, 1.807) is 23.0 Å². The fourth-order valence-electron chi connectivity index (χ4n) is 2.31. The molecule has 0 saturated heterocycles. The molecule has 1 aromatic heterocycles. The molecule has 3 rings (SSSR count). The highest BCUT2D eigenvalue weighted by molar-refractivity contribution is 6.02. The Morgan fingerprint density at radius 3 is 2.81 bits per heavy atom. The molecule has 0 saturated carbocycles. The summed E-state index contributed by atoms with van der Waals surface area (Å²) in [5, 5.41) is 14.7. The molecule has 0 unspecified atom stereocenters. The Morgan fingerprint density at radius 1 is 1.29 bits per heavy atom. The number of hydrogen-bond acceptors (Lipinski definition) is 3. The zero-order chi connectivity index (χ0) is 14.7. The molecule has 1 aromatic carbocycles. The molecule has 21 heavy (non-hydrogen) atoms. The van der Waals surface area contributed by atoms with Crippen molar-refractivity contribution in [1.29, 1.82) is 5.26 Å². The normalized spacial score (nSPS) is 13.9. The van der Waals surface area contributed by atoms with E-state index in [2.05, 4.69) is 5.10 Å². The molecule has 0 spiro atoms. The van der Waals surface area contributed by atoms with Crippen molar-refractivity contribution in [3.63, 3.8) is 0 Å². The van der Waals surface area contributed by atoms with Crippen LogP contribution in [0, 0.1) is 11.3 Å². The van der Waals surface area contributed by atoms with Gasteiger partial charge in [0, 0.05) is 18.8 Å². The summed E-state index contributed by atoms with van der Waals surface area (Å²) in [4.78, 5) is 12.2. The molecule has 0 aliphatic carbocycles. The van der Waals surface area contributed by atoms with Gasteiger partial charge in [-0.05, 0) is 11.6 Å². The number of carbonyl (C=O) groups excluding carboxylic acids is 1. The summed E-state index contributed by atoms with van der Waals surface area (Å²) < 4.78 is 1.71. The summed E-state index contributed by atoms with van der Waals surface area (Å²) in [5.74, 6) is -0.0685. The van der Waals surface area contributed by atoms with Crippen LogP contribution in [-0.2, 0) is 11.3 Å². The molecule has 0 N–H and O–H groups in total. The van der Waals surface area contributed by atoms with Crippen LogP contribution in [-0.4, -0.2) is 27.7 Å². The summed E-state index contributed by atoms with van der Waals surface area (Å²) in [6.07, 6.45) is 4.16. The van der Waals surface area contributed by atoms with Gasteiger partial charge < -0.3 is 4.57 Å². The second-order valence-electron chi connectivity index (χ2n) is 4.86. The first kappa shape index (κ1) is 13.1. The number of amides is 1. The van der Waals surface area contributed by atoms with Crippen LogP contribution in [0.15, 0.2) is 53.9 Å². The number of hydrazone groups is 1. The standard InChI is InChI=1S/C16H14N4O/c17-10-13-6-8-19(11-13)12-16(21)20-9-7-15(18-20)14-4-2-1-3-5-14/h1-6,8,11H,7,9,12H2. The quantitative estimate of drug-likeness (QED) is 0.862. The van der Waals surface area contributed by atoms with Crippen molar-refractivity contribution in [2.45, 2.75) is 13.0 Å². The number of nitriles is 1. The maximum Gasteiger partial charge on any atom is 0.262 e. The van der Waals surface area contributed by atoms with E-state index in [-0.39, 0.29) is 12.5 Å². The minimum atomic E-state index is -0.0685. The number of carbonyl (C=O) groups is 1. The Hall–Kier alpha value is -2.87. The second-order valence-corrected chi connectivity index (χ2v) is 4.86. The van der Waals surface area contributed by atoms with Gasteiger partial charge in [-0.25, -0.2) is 5.01 Å². The van der Waals surface area contributed by atoms with Gasteiger partial charge in [0.1, 0.15) is 12.6 Å². The number of rotatable bonds is 3. The molecule has 0 bridgehead atoms. The van der Waals surface area contributed by atoms with Crippen molar-refractivity contribution in [3.05, 3.63) is 59.9 Å². The van der Waals surface area contributed by atoms with Gasteiger partial charge in [0.15, 0.2) is 0 Å². The van der Waals surface area contributed by atoms with Gasteiger partial charge in [-0.3, -0.25) is 4.79 Å². The average Bonchev–Trinajstić information content (AvgIpc) is 3.17. The SMILES string of the molecule is N#Cc1ccn(CC(=O)N2CCC(c3ccccc3)=N2)c1. The first-order chi connectivity index (χ1) is 10.3. The molecule has 1 amide bonds. The molecule has 1 aliphatic heterocycles. The lowest BCUT2D eigenvalue weighted by atomic mass is 10.1. The number of benzene rings is 1. The minimum Gasteiger partial charge on any atom is -0.344 e. The van der Waals surface area contributed by atoms with Crippen LogP contribution in [0.4, 0.5) is 0 Å². The highest BCUT2D eigenvalue weighted by atomic mass is 16.2. The summed E-state index contributed by atoms with van der Waals surface area (Å²) in [5.41, 5.74) is 2.55. The molecule has 2 aromatic rings. The van der Waals surface area contributed by atoms with Gasteiger partial charge in [-0.15, -0.1) is 0 Å². The third-order valence-electron chi connectivity index (χ3n) is 3.39. The first-order valence-electron chi connectivity index (χ1n) is 6.75. The van der Waals surface area contributed by atoms with Gasteiger partial charge in [0.05, 0.1) is 17.8 Å². The Morgan fingerprint density at radius 2 is 2.10 bits per heavy atom. The Labute approximate surface area is 122 Å². The average molecular weight is 278 g/mol. The van der Waals surface area contributed by atoms with Crippen LogP contribution >= 0.6 is 0 Å². The smallest absolute Gasteiger partial charge is 0.262 e. The van der Waals surface area contributed by atoms with Crippen LogP contribution in [0.2, 0.25) is 0 Å². The predicted molar refractivity (Wildman–Crippen MR) is 78.5 cm³/mol. The molecule has 0 radical (unpaired) electrons. The van der Waals surface area contributed by atoms with Crippen molar-refractivity contribution >= 4 is 11.6 Å². The van der Waals surface area contributed by atoms with Crippen molar-refractivity contribution in [2.75, 3.05) is 6.54 Å². The lowest BCUT2D eigenvalue weighted by molar-refractivity contribution is -0.131. The minimum absolute atomic E-state index is 0.0685. The van der Waals surface area contributed by atoms with Crippen molar-refractivity contribution < 1.29 is 4.79 Å². The Kier molecular flexibility index (Phi) is 3.52. The van der Waals surface area contributed by atoms with Gasteiger partial charge >= 0.3 is 0 Å². The summed E-state index contributed by atoms with van der Waals surface area (Å²) in [7, 11) is 0. The lowest BCUT2D eigenvalue weighted by Gasteiger charge is -2.11. The monoisotopic (exact) mass is 278 g/mol. The Bertz CT molecular complexity index is 724. The van der Waals surface area contributed by atoms with E-state index in [4.69, 9.17) is 5.26 Å². The van der Waals surface area contributed by atoms with Gasteiger partial charge in [0.25, 0.3) is 5.91 Å². The van der Waals surface area contributed by atoms with E-state index in [9.17, 15) is 4.79 Å². The zero-order valence-electron chi connectivity index (χ0n) is 11.4. The van der Waals surface area contributed by atoms with E-state index < -0.39 is 0 Å². The maximum atomic E-state index is 12.2. The molecule has 5 heteroatoms. The molecule has 0 atom stereocenters. The summed E-state index contributed by atoms with van der Waals surface area (Å²) >= 11 is 0. The predicted octanol–water partition coefficient (Wildman–Crippen LogP) is 2.00. The second kappa shape index (κ2) is 5.63. The Balaban J connectivity index is 1.69. The first-order valence-corrected chi connectivity index (χ1v) is 6.75. The van der Waals surface area contributed by atoms with Gasteiger partial charge in [-0.2, -0.15) is 10.4 Å². The van der Waals surface area contributed by atoms with E-state index in [1.807, 2.05) is 36.4 Å². The molecule has 5 nitrogen and oxygen atoms in total. The highest BCUT2D eigenvalue weighted by Crippen LogP contribution is 2.14. The van der Waals surface area contributed by atoms with Crippen molar-refractivity contribution in [2.24, 2.45) is 5.10 Å². The molecular formula is C16H14N4O. The van der Waals surface area contributed by atoms with Gasteiger partial charge in [-0.1, -0.05) is 30.3 Å². The van der Waals surface area contributed by atoms with Crippen LogP contribution in [0.1, 0.15) is 17.5 Å². The largest absolute Gasteiger partial charge is 0.344 e. The third-order valence-corrected chi connectivity index (χ3v) is 3.39. The van der Waals surface area contributed by atoms with Crippen LogP contribution in [0.5, 0.6) is 0 Å². The van der Waals surface area contributed by atoms with E-state index in [0.717, 1.165) is 17.7 Å². The molecule has 1 aliphatic rings. The highest BCUT2D eigenvalue weighted by Gasteiger charge is 2.21. The zero-order valence-corrected chi connectivity index (χ0v) is 11.4. The fraction of sp³-hybridized carbons (Fsp3) is 0.188. The maximum absolute atomic E-state index is 12.2. The van der Waals surface area contributed by atoms with Gasteiger partial charge in [0.2, 0.25) is 0 Å². The van der Waals surface area contributed by atoms with Crippen molar-refractivity contribution in [1.82, 2.24) is 9.58 Å². The summed E-state index contributed by atoms with van der Waals surface area (Å²) in [6.45, 7) is 0.808. The topological polar surface area (TPSA) is 61.4 Å². The molecular weight excluding hydrogens is 264 g/mol. The number of aromatic nitrogens is 1. The lowest BCUT2D eigenvalue weighted by Crippen LogP contribution is -2.27. The van der Waals surface area contributed by atoms with E-state index in [1.165, 1.54) is 5.01 Å². The summed E-state index contributed by atoms with van der Waals surface area (Å²) in [6, 6.07) is 13.6. The molecule has 0 fully saturated rings. The molecule has 2 heterocycles. The van der Waals surface area contributed by atoms with E-state index in [0.29, 0.717) is 12.1 Å². The van der Waals surface area contributed by atoms with Crippen molar-refractivity contribution in [3.8, 4) is 6.07 Å². The van der Waals surface area contributed by atoms with Crippen LogP contribution in [0.3, 0.4) is 0 Å². The van der Waals surface area contributed by atoms with Crippen LogP contribution < -0.4 is 0 Å². The fourth-order valence-corrected chi connectivity index (χ4v) is 2.31. The third kappa shape index (κ3) is 2.84. The van der Waals surface area contributed by atoms with E-state index >= 15 is 0 Å². The number of hydrogen-bond donors (Lipinski definition) is 0. The number of nitrogens with zero attached hydrogens (tertiary/aromatic N) is 4. The van der Waals surface area contributed by atoms with Crippen LogP contribution in [0.25, 0.3) is 0 Å². The molecule has 104 valence electrons.